The predicted molar refractivity (Wildman–Crippen MR) is 85.8 cm³/mol. The molecule has 2 amide bonds. The summed E-state index contributed by atoms with van der Waals surface area (Å²) in [6.45, 7) is 0. The number of aromatic carboxylic acids is 1. The summed E-state index contributed by atoms with van der Waals surface area (Å²) < 4.78 is 1.43. The summed E-state index contributed by atoms with van der Waals surface area (Å²) in [7, 11) is 0. The highest BCUT2D eigenvalue weighted by Crippen LogP contribution is 2.31. The quantitative estimate of drug-likeness (QED) is 0.679. The summed E-state index contributed by atoms with van der Waals surface area (Å²) in [6.07, 6.45) is 0. The Morgan fingerprint density at radius 2 is 1.75 bits per heavy atom. The van der Waals surface area contributed by atoms with Gasteiger partial charge >= 0.3 is 12.0 Å². The number of nitrogens with one attached hydrogen (secondary N) is 2. The number of thiophene rings is 1. The van der Waals surface area contributed by atoms with Crippen LogP contribution in [0.2, 0.25) is 0 Å². The van der Waals surface area contributed by atoms with Crippen LogP contribution < -0.4 is 10.6 Å². The molecule has 1 heterocycles. The number of para-hydroxylation sites is 1. The van der Waals surface area contributed by atoms with Crippen molar-refractivity contribution in [3.63, 3.8) is 0 Å². The van der Waals surface area contributed by atoms with Crippen LogP contribution in [-0.4, -0.2) is 17.1 Å². The van der Waals surface area contributed by atoms with Gasteiger partial charge in [0.1, 0.15) is 5.00 Å². The number of carboxylic acid groups (broad SMARTS) is 1. The molecule has 2 aromatic rings. The minimum absolute atomic E-state index is 0.0661. The van der Waals surface area contributed by atoms with Gasteiger partial charge in [-0.3, -0.25) is 5.32 Å². The molecule has 20 heavy (non-hydrogen) atoms. The molecule has 2 rings (SSSR count). The highest BCUT2D eigenvalue weighted by atomic mass is 79.9. The first kappa shape index (κ1) is 15.0. The van der Waals surface area contributed by atoms with Crippen molar-refractivity contribution in [3.8, 4) is 0 Å². The third-order valence-electron chi connectivity index (χ3n) is 2.32. The number of anilines is 2. The Labute approximate surface area is 135 Å². The number of hydrogen-bond acceptors (Lipinski definition) is 3. The lowest BCUT2D eigenvalue weighted by molar-refractivity contribution is 0.0698. The van der Waals surface area contributed by atoms with Crippen molar-refractivity contribution in [3.05, 3.63) is 44.2 Å². The first-order valence-electron chi connectivity index (χ1n) is 5.32. The fourth-order valence-electron chi connectivity index (χ4n) is 1.44. The Bertz CT molecular complexity index is 652. The fraction of sp³-hybridized carbons (Fsp3) is 0. The summed E-state index contributed by atoms with van der Waals surface area (Å²) in [5.74, 6) is -1.08. The number of hydrogen-bond donors (Lipinski definition) is 3. The highest BCUT2D eigenvalue weighted by Gasteiger charge is 2.15. The van der Waals surface area contributed by atoms with Crippen molar-refractivity contribution in [1.29, 1.82) is 0 Å². The van der Waals surface area contributed by atoms with Gasteiger partial charge in [-0.15, -0.1) is 11.3 Å². The van der Waals surface area contributed by atoms with Crippen molar-refractivity contribution in [2.45, 2.75) is 0 Å². The molecule has 0 radical (unpaired) electrons. The van der Waals surface area contributed by atoms with E-state index in [1.54, 1.807) is 17.5 Å². The second-order valence-electron chi connectivity index (χ2n) is 3.64. The molecular weight excluding hydrogens is 412 g/mol. The van der Waals surface area contributed by atoms with Crippen LogP contribution in [0.15, 0.2) is 38.6 Å². The number of carboxylic acids is 1. The van der Waals surface area contributed by atoms with Gasteiger partial charge in [-0.2, -0.15) is 0 Å². The van der Waals surface area contributed by atoms with Crippen molar-refractivity contribution in [2.24, 2.45) is 0 Å². The molecule has 0 spiro atoms. The molecule has 0 saturated carbocycles. The molecule has 8 heteroatoms. The van der Waals surface area contributed by atoms with E-state index in [1.165, 1.54) is 6.07 Å². The number of halogens is 2. The molecule has 0 aliphatic carbocycles. The second-order valence-corrected chi connectivity index (χ2v) is 6.27. The van der Waals surface area contributed by atoms with E-state index in [0.29, 0.717) is 14.6 Å². The molecule has 0 fully saturated rings. The zero-order valence-corrected chi connectivity index (χ0v) is 13.8. The van der Waals surface area contributed by atoms with Gasteiger partial charge in [0.15, 0.2) is 0 Å². The maximum atomic E-state index is 11.9. The second kappa shape index (κ2) is 6.38. The zero-order chi connectivity index (χ0) is 14.7. The van der Waals surface area contributed by atoms with Crippen molar-refractivity contribution >= 4 is 65.9 Å². The van der Waals surface area contributed by atoms with Gasteiger partial charge in [0.25, 0.3) is 0 Å². The monoisotopic (exact) mass is 418 g/mol. The number of carbonyl (C=O) groups excluding carboxylic acids is 1. The maximum absolute atomic E-state index is 11.9. The topological polar surface area (TPSA) is 78.4 Å². The van der Waals surface area contributed by atoms with Crippen molar-refractivity contribution in [1.82, 2.24) is 0 Å². The lowest BCUT2D eigenvalue weighted by Crippen LogP contribution is -2.20. The predicted octanol–water partition coefficient (Wildman–Crippen LogP) is 4.62. The van der Waals surface area contributed by atoms with E-state index in [0.717, 1.165) is 11.3 Å². The molecule has 1 aromatic carbocycles. The summed E-state index contributed by atoms with van der Waals surface area (Å²) in [6, 6.07) is 6.32. The standard InChI is InChI=1S/C12H8Br2N2O3S/c13-7-2-1-3-8(14)9(7)15-12(19)16-10-6(11(17)18)4-5-20-10/h1-5H,(H,17,18)(H2,15,16,19). The zero-order valence-electron chi connectivity index (χ0n) is 9.81. The Hall–Kier alpha value is -1.38. The molecular formula is C12H8Br2N2O3S. The van der Waals surface area contributed by atoms with E-state index in [4.69, 9.17) is 5.11 Å². The molecule has 0 aliphatic rings. The normalized spacial score (nSPS) is 10.1. The van der Waals surface area contributed by atoms with Gasteiger partial charge in [0.05, 0.1) is 11.3 Å². The largest absolute Gasteiger partial charge is 0.478 e. The molecule has 1 aromatic heterocycles. The third kappa shape index (κ3) is 3.38. The summed E-state index contributed by atoms with van der Waals surface area (Å²) in [5, 5.41) is 16.0. The lowest BCUT2D eigenvalue weighted by atomic mass is 10.3. The minimum Gasteiger partial charge on any atom is -0.478 e. The molecule has 0 atom stereocenters. The average Bonchev–Trinajstić information content (AvgIpc) is 2.82. The fourth-order valence-corrected chi connectivity index (χ4v) is 3.41. The summed E-state index contributed by atoms with van der Waals surface area (Å²) in [5.41, 5.74) is 0.634. The lowest BCUT2D eigenvalue weighted by Gasteiger charge is -2.10. The van der Waals surface area contributed by atoms with Crippen LogP contribution in [-0.2, 0) is 0 Å². The van der Waals surface area contributed by atoms with Crippen LogP contribution in [0.5, 0.6) is 0 Å². The van der Waals surface area contributed by atoms with Gasteiger partial charge in [0.2, 0.25) is 0 Å². The van der Waals surface area contributed by atoms with E-state index in [-0.39, 0.29) is 10.6 Å². The number of carbonyl (C=O) groups is 2. The Kier molecular flexibility index (Phi) is 4.79. The number of amides is 2. The molecule has 0 aliphatic heterocycles. The number of urea groups is 1. The third-order valence-corrected chi connectivity index (χ3v) is 4.48. The molecule has 0 unspecified atom stereocenters. The van der Waals surface area contributed by atoms with E-state index < -0.39 is 12.0 Å². The molecule has 5 nitrogen and oxygen atoms in total. The van der Waals surface area contributed by atoms with Crippen LogP contribution in [0.4, 0.5) is 15.5 Å². The molecule has 3 N–H and O–H groups in total. The smallest absolute Gasteiger partial charge is 0.338 e. The van der Waals surface area contributed by atoms with Crippen LogP contribution in [0.1, 0.15) is 10.4 Å². The minimum atomic E-state index is -1.08. The Morgan fingerprint density at radius 3 is 2.35 bits per heavy atom. The van der Waals surface area contributed by atoms with Crippen LogP contribution in [0.3, 0.4) is 0 Å². The van der Waals surface area contributed by atoms with Crippen LogP contribution in [0.25, 0.3) is 0 Å². The Balaban J connectivity index is 2.14. The number of rotatable bonds is 3. The SMILES string of the molecule is O=C(Nc1sccc1C(=O)O)Nc1c(Br)cccc1Br. The van der Waals surface area contributed by atoms with Gasteiger partial charge in [0, 0.05) is 8.95 Å². The van der Waals surface area contributed by atoms with E-state index >= 15 is 0 Å². The molecule has 0 bridgehead atoms. The van der Waals surface area contributed by atoms with Crippen molar-refractivity contribution < 1.29 is 14.7 Å². The highest BCUT2D eigenvalue weighted by molar-refractivity contribution is 9.11. The number of benzene rings is 1. The summed E-state index contributed by atoms with van der Waals surface area (Å²) in [4.78, 5) is 22.9. The van der Waals surface area contributed by atoms with Gasteiger partial charge in [-0.25, -0.2) is 9.59 Å². The van der Waals surface area contributed by atoms with Crippen molar-refractivity contribution in [2.75, 3.05) is 10.6 Å². The van der Waals surface area contributed by atoms with Gasteiger partial charge < -0.3 is 10.4 Å². The van der Waals surface area contributed by atoms with Gasteiger partial charge in [-0.1, -0.05) is 6.07 Å². The van der Waals surface area contributed by atoms with Crippen LogP contribution in [0, 0.1) is 0 Å². The van der Waals surface area contributed by atoms with Crippen LogP contribution >= 0.6 is 43.2 Å². The van der Waals surface area contributed by atoms with E-state index in [1.807, 2.05) is 6.07 Å². The average molecular weight is 420 g/mol. The van der Waals surface area contributed by atoms with E-state index in [9.17, 15) is 9.59 Å². The van der Waals surface area contributed by atoms with E-state index in [2.05, 4.69) is 42.5 Å². The molecule has 104 valence electrons. The first-order valence-corrected chi connectivity index (χ1v) is 7.78. The summed E-state index contributed by atoms with van der Waals surface area (Å²) >= 11 is 7.80. The van der Waals surface area contributed by atoms with Gasteiger partial charge in [-0.05, 0) is 55.4 Å². The first-order chi connectivity index (χ1) is 9.49. The molecule has 0 saturated heterocycles. The Morgan fingerprint density at radius 1 is 1.10 bits per heavy atom. The maximum Gasteiger partial charge on any atom is 0.338 e.